The van der Waals surface area contributed by atoms with Gasteiger partial charge in [0.25, 0.3) is 5.91 Å². The van der Waals surface area contributed by atoms with E-state index in [-0.39, 0.29) is 5.56 Å². The van der Waals surface area contributed by atoms with Gasteiger partial charge in [0.05, 0.1) is 7.11 Å². The summed E-state index contributed by atoms with van der Waals surface area (Å²) in [6, 6.07) is 15.7. The van der Waals surface area contributed by atoms with E-state index in [1.54, 1.807) is 48.5 Å². The summed E-state index contributed by atoms with van der Waals surface area (Å²) < 4.78 is 10.3. The number of carbonyl (C=O) groups excluding carboxylic acids is 2. The lowest BCUT2D eigenvalue weighted by atomic mass is 10.2. The van der Waals surface area contributed by atoms with Gasteiger partial charge >= 0.3 is 5.97 Å². The number of para-hydroxylation sites is 2. The number of amides is 1. The van der Waals surface area contributed by atoms with Gasteiger partial charge in [-0.05, 0) is 31.2 Å². The molecule has 0 unspecified atom stereocenters. The predicted molar refractivity (Wildman–Crippen MR) is 82.9 cm³/mol. The summed E-state index contributed by atoms with van der Waals surface area (Å²) in [5.41, 5.74) is 0.928. The smallest absolute Gasteiger partial charge is 0.342 e. The average molecular weight is 299 g/mol. The molecule has 1 N–H and O–H groups in total. The molecule has 5 nitrogen and oxygen atoms in total. The molecule has 5 heteroatoms. The zero-order chi connectivity index (χ0) is 15.9. The molecule has 0 saturated heterocycles. The van der Waals surface area contributed by atoms with Crippen LogP contribution in [0.4, 0.5) is 5.69 Å². The Morgan fingerprint density at radius 1 is 1.00 bits per heavy atom. The lowest BCUT2D eigenvalue weighted by molar-refractivity contribution is -0.123. The van der Waals surface area contributed by atoms with Crippen molar-refractivity contribution in [2.75, 3.05) is 12.4 Å². The fourth-order valence-corrected chi connectivity index (χ4v) is 1.86. The van der Waals surface area contributed by atoms with E-state index in [9.17, 15) is 9.59 Å². The normalized spacial score (nSPS) is 11.4. The van der Waals surface area contributed by atoms with Gasteiger partial charge in [-0.2, -0.15) is 0 Å². The number of nitrogens with one attached hydrogen (secondary N) is 1. The van der Waals surface area contributed by atoms with Crippen molar-refractivity contribution in [3.63, 3.8) is 0 Å². The maximum absolute atomic E-state index is 12.1. The summed E-state index contributed by atoms with van der Waals surface area (Å²) in [6.45, 7) is 1.52. The standard InChI is InChI=1S/C17H17NO4/c1-12(16(19)18-13-8-4-3-5-9-13)22-17(20)14-10-6-7-11-15(14)21-2/h3-12H,1-2H3,(H,18,19)/t12-/m1/s1. The molecule has 0 aromatic heterocycles. The molecule has 0 aliphatic heterocycles. The molecular formula is C17H17NO4. The molecule has 0 saturated carbocycles. The summed E-state index contributed by atoms with van der Waals surface area (Å²) in [7, 11) is 1.47. The number of esters is 1. The van der Waals surface area contributed by atoms with Gasteiger partial charge < -0.3 is 14.8 Å². The van der Waals surface area contributed by atoms with Crippen LogP contribution in [-0.2, 0) is 9.53 Å². The van der Waals surface area contributed by atoms with Gasteiger partial charge in [0.1, 0.15) is 11.3 Å². The molecule has 114 valence electrons. The van der Waals surface area contributed by atoms with Crippen LogP contribution in [0.2, 0.25) is 0 Å². The van der Waals surface area contributed by atoms with Crippen molar-refractivity contribution in [3.8, 4) is 5.75 Å². The van der Waals surface area contributed by atoms with Gasteiger partial charge in [0, 0.05) is 5.69 Å². The summed E-state index contributed by atoms with van der Waals surface area (Å²) in [5.74, 6) is -0.592. The molecule has 0 aliphatic rings. The molecule has 0 bridgehead atoms. The van der Waals surface area contributed by atoms with E-state index in [0.717, 1.165) is 0 Å². The Morgan fingerprint density at radius 2 is 1.64 bits per heavy atom. The third kappa shape index (κ3) is 3.85. The summed E-state index contributed by atoms with van der Waals surface area (Å²) in [4.78, 5) is 24.1. The van der Waals surface area contributed by atoms with Crippen molar-refractivity contribution in [3.05, 3.63) is 60.2 Å². The minimum atomic E-state index is -0.919. The highest BCUT2D eigenvalue weighted by Crippen LogP contribution is 2.19. The topological polar surface area (TPSA) is 64.6 Å². The van der Waals surface area contributed by atoms with Gasteiger partial charge in [-0.1, -0.05) is 30.3 Å². The van der Waals surface area contributed by atoms with Crippen LogP contribution in [0.25, 0.3) is 0 Å². The highest BCUT2D eigenvalue weighted by atomic mass is 16.5. The predicted octanol–water partition coefficient (Wildman–Crippen LogP) is 2.88. The first-order chi connectivity index (χ1) is 10.6. The van der Waals surface area contributed by atoms with Crippen molar-refractivity contribution >= 4 is 17.6 Å². The van der Waals surface area contributed by atoms with Gasteiger partial charge in [0.2, 0.25) is 0 Å². The van der Waals surface area contributed by atoms with Crippen LogP contribution in [0.1, 0.15) is 17.3 Å². The van der Waals surface area contributed by atoms with Crippen molar-refractivity contribution < 1.29 is 19.1 Å². The second-order valence-corrected chi connectivity index (χ2v) is 4.60. The molecule has 0 radical (unpaired) electrons. The quantitative estimate of drug-likeness (QED) is 0.862. The van der Waals surface area contributed by atoms with Crippen LogP contribution >= 0.6 is 0 Å². The minimum Gasteiger partial charge on any atom is -0.496 e. The Hall–Kier alpha value is -2.82. The first-order valence-corrected chi connectivity index (χ1v) is 6.81. The molecule has 1 atom stereocenters. The summed E-state index contributed by atoms with van der Waals surface area (Å²) >= 11 is 0. The van der Waals surface area contributed by atoms with E-state index < -0.39 is 18.0 Å². The molecule has 22 heavy (non-hydrogen) atoms. The fourth-order valence-electron chi connectivity index (χ4n) is 1.86. The molecule has 0 fully saturated rings. The monoisotopic (exact) mass is 299 g/mol. The highest BCUT2D eigenvalue weighted by molar-refractivity contribution is 5.98. The molecular weight excluding hydrogens is 282 g/mol. The van der Waals surface area contributed by atoms with Crippen LogP contribution in [0.3, 0.4) is 0 Å². The molecule has 0 aliphatic carbocycles. The fraction of sp³-hybridized carbons (Fsp3) is 0.176. The van der Waals surface area contributed by atoms with E-state index in [0.29, 0.717) is 11.4 Å². The van der Waals surface area contributed by atoms with Crippen molar-refractivity contribution in [2.24, 2.45) is 0 Å². The number of benzene rings is 2. The molecule has 2 aromatic rings. The van der Waals surface area contributed by atoms with E-state index in [1.807, 2.05) is 6.07 Å². The Labute approximate surface area is 128 Å². The van der Waals surface area contributed by atoms with Crippen LogP contribution in [0, 0.1) is 0 Å². The van der Waals surface area contributed by atoms with Crippen LogP contribution in [0.15, 0.2) is 54.6 Å². The number of rotatable bonds is 5. The average Bonchev–Trinajstić information content (AvgIpc) is 2.55. The lowest BCUT2D eigenvalue weighted by Gasteiger charge is -2.14. The molecule has 0 spiro atoms. The zero-order valence-corrected chi connectivity index (χ0v) is 12.4. The Balaban J connectivity index is 2.00. The minimum absolute atomic E-state index is 0.282. The summed E-state index contributed by atoms with van der Waals surface area (Å²) in [6.07, 6.45) is -0.919. The van der Waals surface area contributed by atoms with Gasteiger partial charge in [-0.3, -0.25) is 4.79 Å². The van der Waals surface area contributed by atoms with Crippen LogP contribution in [-0.4, -0.2) is 25.1 Å². The summed E-state index contributed by atoms with van der Waals surface area (Å²) in [5, 5.41) is 2.68. The second kappa shape index (κ2) is 7.26. The van der Waals surface area contributed by atoms with Crippen molar-refractivity contribution in [1.29, 1.82) is 0 Å². The Kier molecular flexibility index (Phi) is 5.14. The molecule has 2 aromatic carbocycles. The van der Waals surface area contributed by atoms with Crippen LogP contribution < -0.4 is 10.1 Å². The number of carbonyl (C=O) groups is 2. The molecule has 2 rings (SSSR count). The third-order valence-corrected chi connectivity index (χ3v) is 3.02. The van der Waals surface area contributed by atoms with Gasteiger partial charge in [0.15, 0.2) is 6.10 Å². The molecule has 1 amide bonds. The third-order valence-electron chi connectivity index (χ3n) is 3.02. The largest absolute Gasteiger partial charge is 0.496 e. The van der Waals surface area contributed by atoms with Crippen molar-refractivity contribution in [1.82, 2.24) is 0 Å². The Morgan fingerprint density at radius 3 is 2.32 bits per heavy atom. The first kappa shape index (κ1) is 15.6. The first-order valence-electron chi connectivity index (χ1n) is 6.81. The lowest BCUT2D eigenvalue weighted by Crippen LogP contribution is -2.30. The number of ether oxygens (including phenoxy) is 2. The number of hydrogen-bond acceptors (Lipinski definition) is 4. The van der Waals surface area contributed by atoms with E-state index in [2.05, 4.69) is 5.32 Å². The maximum atomic E-state index is 12.1. The van der Waals surface area contributed by atoms with E-state index >= 15 is 0 Å². The van der Waals surface area contributed by atoms with E-state index in [4.69, 9.17) is 9.47 Å². The SMILES string of the molecule is COc1ccccc1C(=O)O[C@H](C)C(=O)Nc1ccccc1. The molecule has 0 heterocycles. The van der Waals surface area contributed by atoms with Crippen molar-refractivity contribution in [2.45, 2.75) is 13.0 Å². The highest BCUT2D eigenvalue weighted by Gasteiger charge is 2.21. The van der Waals surface area contributed by atoms with Gasteiger partial charge in [-0.15, -0.1) is 0 Å². The maximum Gasteiger partial charge on any atom is 0.342 e. The Bertz CT molecular complexity index is 655. The van der Waals surface area contributed by atoms with E-state index in [1.165, 1.54) is 14.0 Å². The van der Waals surface area contributed by atoms with Gasteiger partial charge in [-0.25, -0.2) is 4.79 Å². The zero-order valence-electron chi connectivity index (χ0n) is 12.4. The number of anilines is 1. The second-order valence-electron chi connectivity index (χ2n) is 4.60. The number of methoxy groups -OCH3 is 1. The number of hydrogen-bond donors (Lipinski definition) is 1. The van der Waals surface area contributed by atoms with Crippen LogP contribution in [0.5, 0.6) is 5.75 Å².